The number of piperazine rings is 1. The summed E-state index contributed by atoms with van der Waals surface area (Å²) in [5.41, 5.74) is 1.09. The van der Waals surface area contributed by atoms with Gasteiger partial charge in [0.15, 0.2) is 11.5 Å². The van der Waals surface area contributed by atoms with Crippen molar-refractivity contribution in [3.05, 3.63) is 47.9 Å². The summed E-state index contributed by atoms with van der Waals surface area (Å²) in [6.45, 7) is 2.91. The number of fused-ring (bicyclic) bond motifs is 2. The highest BCUT2D eigenvalue weighted by Gasteiger charge is 2.47. The lowest BCUT2D eigenvalue weighted by molar-refractivity contribution is -0.130. The number of rotatable bonds is 4. The van der Waals surface area contributed by atoms with Gasteiger partial charge in [-0.3, -0.25) is 14.6 Å². The third-order valence-corrected chi connectivity index (χ3v) is 5.23. The summed E-state index contributed by atoms with van der Waals surface area (Å²) in [6.07, 6.45) is 1.54. The largest absolute Gasteiger partial charge is 0.467 e. The molecule has 1 aromatic heterocycles. The number of carbonyl (C=O) groups excluding carboxylic acids is 2. The third kappa shape index (κ3) is 3.18. The van der Waals surface area contributed by atoms with Gasteiger partial charge in [0.2, 0.25) is 6.79 Å². The number of nitrogens with zero attached hydrogens (tertiary/aromatic N) is 3. The van der Waals surface area contributed by atoms with E-state index in [1.165, 1.54) is 4.90 Å². The van der Waals surface area contributed by atoms with E-state index in [0.717, 1.165) is 23.6 Å². The molecule has 3 aliphatic heterocycles. The Hall–Kier alpha value is -2.71. The van der Waals surface area contributed by atoms with Crippen LogP contribution < -0.4 is 9.47 Å². The molecule has 0 spiro atoms. The number of imide groups is 1. The lowest BCUT2D eigenvalue weighted by Crippen LogP contribution is -2.52. The maximum Gasteiger partial charge on any atom is 0.327 e. The van der Waals surface area contributed by atoms with Crippen LogP contribution in [0.2, 0.25) is 0 Å². The van der Waals surface area contributed by atoms with Crippen LogP contribution >= 0.6 is 12.4 Å². The highest BCUT2D eigenvalue weighted by Crippen LogP contribution is 2.33. The molecule has 5 rings (SSSR count). The summed E-state index contributed by atoms with van der Waals surface area (Å²) in [5, 5.41) is 0. The zero-order valence-electron chi connectivity index (χ0n) is 15.1. The Morgan fingerprint density at radius 1 is 1.04 bits per heavy atom. The minimum atomic E-state index is -0.435. The Balaban J connectivity index is 0.00000192. The van der Waals surface area contributed by atoms with Crippen LogP contribution in [-0.2, 0) is 17.9 Å². The number of carbonyl (C=O) groups is 2. The fourth-order valence-corrected chi connectivity index (χ4v) is 3.85. The van der Waals surface area contributed by atoms with Crippen molar-refractivity contribution in [2.45, 2.75) is 19.1 Å². The van der Waals surface area contributed by atoms with Gasteiger partial charge >= 0.3 is 6.03 Å². The van der Waals surface area contributed by atoms with Crippen molar-refractivity contribution in [2.24, 2.45) is 0 Å². The topological polar surface area (TPSA) is 75.5 Å². The van der Waals surface area contributed by atoms with Gasteiger partial charge in [-0.25, -0.2) is 4.79 Å². The third-order valence-electron chi connectivity index (χ3n) is 5.23. The summed E-state index contributed by atoms with van der Waals surface area (Å²) in [4.78, 5) is 30.5. The highest BCUT2D eigenvalue weighted by atomic mass is 35.5. The number of urea groups is 1. The average Bonchev–Trinajstić information content (AvgIpc) is 3.40. The standard InChI is InChI=1S/C19H19N3O5.ClH/c23-18-15-11-20(9-13-3-4-16-17(8-13)27-12-26-16)5-6-21(15)19(24)22(18)10-14-2-1-7-25-14;/h1-4,7-8,15H,5-6,9-12H2;1H. The molecule has 3 amide bonds. The van der Waals surface area contributed by atoms with Crippen LogP contribution in [0.4, 0.5) is 4.79 Å². The monoisotopic (exact) mass is 405 g/mol. The molecule has 0 saturated carbocycles. The van der Waals surface area contributed by atoms with E-state index in [1.54, 1.807) is 23.3 Å². The van der Waals surface area contributed by atoms with Crippen LogP contribution in [0.1, 0.15) is 11.3 Å². The number of hydrogen-bond acceptors (Lipinski definition) is 6. The first kappa shape index (κ1) is 18.6. The Kier molecular flexibility index (Phi) is 4.91. The molecule has 0 bridgehead atoms. The first-order chi connectivity index (χ1) is 13.2. The molecule has 8 nitrogen and oxygen atoms in total. The van der Waals surface area contributed by atoms with E-state index < -0.39 is 6.04 Å². The molecule has 9 heteroatoms. The second kappa shape index (κ2) is 7.37. The van der Waals surface area contributed by atoms with E-state index in [-0.39, 0.29) is 37.7 Å². The fraction of sp³-hybridized carbons (Fsp3) is 0.368. The van der Waals surface area contributed by atoms with Crippen LogP contribution in [0.3, 0.4) is 0 Å². The van der Waals surface area contributed by atoms with Crippen LogP contribution in [0.25, 0.3) is 0 Å². The molecule has 1 atom stereocenters. The van der Waals surface area contributed by atoms with E-state index in [0.29, 0.717) is 25.4 Å². The van der Waals surface area contributed by atoms with E-state index >= 15 is 0 Å². The quantitative estimate of drug-likeness (QED) is 0.725. The zero-order chi connectivity index (χ0) is 18.4. The smallest absolute Gasteiger partial charge is 0.327 e. The molecule has 2 fully saturated rings. The molecule has 1 unspecified atom stereocenters. The Bertz CT molecular complexity index is 888. The first-order valence-electron chi connectivity index (χ1n) is 8.94. The molecule has 148 valence electrons. The Labute approximate surface area is 168 Å². The Morgan fingerprint density at radius 3 is 2.71 bits per heavy atom. The van der Waals surface area contributed by atoms with E-state index in [9.17, 15) is 9.59 Å². The Morgan fingerprint density at radius 2 is 1.89 bits per heavy atom. The van der Waals surface area contributed by atoms with Gasteiger partial charge in [-0.05, 0) is 29.8 Å². The lowest BCUT2D eigenvalue weighted by Gasteiger charge is -2.35. The van der Waals surface area contributed by atoms with Gasteiger partial charge in [-0.15, -0.1) is 12.4 Å². The van der Waals surface area contributed by atoms with Crippen LogP contribution in [0.5, 0.6) is 11.5 Å². The molecule has 1 aromatic carbocycles. The molecular formula is C19H20ClN3O5. The van der Waals surface area contributed by atoms with Gasteiger partial charge < -0.3 is 18.8 Å². The minimum Gasteiger partial charge on any atom is -0.467 e. The summed E-state index contributed by atoms with van der Waals surface area (Å²) in [5.74, 6) is 1.96. The van der Waals surface area contributed by atoms with Gasteiger partial charge in [0.05, 0.1) is 12.8 Å². The first-order valence-corrected chi connectivity index (χ1v) is 8.94. The SMILES string of the molecule is Cl.O=C1C2CN(Cc3ccc4c(c3)OCO4)CCN2C(=O)N1Cc1ccco1. The summed E-state index contributed by atoms with van der Waals surface area (Å²) in [6, 6.07) is 8.73. The second-order valence-electron chi connectivity index (χ2n) is 6.92. The predicted molar refractivity (Wildman–Crippen MR) is 100 cm³/mol. The predicted octanol–water partition coefficient (Wildman–Crippen LogP) is 2.08. The van der Waals surface area contributed by atoms with Crippen molar-refractivity contribution >= 4 is 24.3 Å². The van der Waals surface area contributed by atoms with Crippen molar-refractivity contribution in [2.75, 3.05) is 26.4 Å². The molecule has 0 radical (unpaired) electrons. The van der Waals surface area contributed by atoms with Gasteiger partial charge in [0.1, 0.15) is 11.8 Å². The van der Waals surface area contributed by atoms with Crippen LogP contribution in [0.15, 0.2) is 41.0 Å². The second-order valence-corrected chi connectivity index (χ2v) is 6.92. The summed E-state index contributed by atoms with van der Waals surface area (Å²) in [7, 11) is 0. The van der Waals surface area contributed by atoms with E-state index in [4.69, 9.17) is 13.9 Å². The van der Waals surface area contributed by atoms with E-state index in [2.05, 4.69) is 4.90 Å². The molecular weight excluding hydrogens is 386 g/mol. The van der Waals surface area contributed by atoms with Gasteiger partial charge in [-0.1, -0.05) is 6.07 Å². The summed E-state index contributed by atoms with van der Waals surface area (Å²) >= 11 is 0. The zero-order valence-corrected chi connectivity index (χ0v) is 15.9. The molecule has 28 heavy (non-hydrogen) atoms. The molecule has 0 N–H and O–H groups in total. The van der Waals surface area contributed by atoms with Crippen molar-refractivity contribution in [3.63, 3.8) is 0 Å². The number of amides is 3. The highest BCUT2D eigenvalue weighted by molar-refractivity contribution is 6.04. The van der Waals surface area contributed by atoms with Gasteiger partial charge in [0, 0.05) is 26.2 Å². The van der Waals surface area contributed by atoms with Crippen LogP contribution in [-0.4, -0.2) is 59.1 Å². The van der Waals surface area contributed by atoms with Crippen LogP contribution in [0, 0.1) is 0 Å². The van der Waals surface area contributed by atoms with Crippen molar-refractivity contribution in [1.29, 1.82) is 0 Å². The molecule has 3 aliphatic rings. The van der Waals surface area contributed by atoms with Gasteiger partial charge in [-0.2, -0.15) is 0 Å². The lowest BCUT2D eigenvalue weighted by atomic mass is 10.1. The van der Waals surface area contributed by atoms with Crippen molar-refractivity contribution < 1.29 is 23.5 Å². The average molecular weight is 406 g/mol. The molecule has 2 saturated heterocycles. The molecule has 2 aromatic rings. The number of benzene rings is 1. The number of ether oxygens (including phenoxy) is 2. The molecule has 0 aliphatic carbocycles. The maximum absolute atomic E-state index is 12.8. The number of hydrogen-bond donors (Lipinski definition) is 0. The maximum atomic E-state index is 12.8. The fourth-order valence-electron chi connectivity index (χ4n) is 3.85. The number of furan rings is 1. The number of halogens is 1. The van der Waals surface area contributed by atoms with Gasteiger partial charge in [0.25, 0.3) is 5.91 Å². The molecule has 4 heterocycles. The van der Waals surface area contributed by atoms with Crippen molar-refractivity contribution in [1.82, 2.24) is 14.7 Å². The normalized spacial score (nSPS) is 21.1. The minimum absolute atomic E-state index is 0. The van der Waals surface area contributed by atoms with E-state index in [1.807, 2.05) is 18.2 Å². The summed E-state index contributed by atoms with van der Waals surface area (Å²) < 4.78 is 16.1. The van der Waals surface area contributed by atoms with Crippen molar-refractivity contribution in [3.8, 4) is 11.5 Å².